The maximum Gasteiger partial charge on any atom is 0.224 e. The summed E-state index contributed by atoms with van der Waals surface area (Å²) >= 11 is 0. The van der Waals surface area contributed by atoms with E-state index < -0.39 is 0 Å². The van der Waals surface area contributed by atoms with E-state index in [4.69, 9.17) is 5.73 Å². The smallest absolute Gasteiger partial charge is 0.224 e. The van der Waals surface area contributed by atoms with E-state index in [2.05, 4.69) is 5.32 Å². The molecule has 18 heavy (non-hydrogen) atoms. The van der Waals surface area contributed by atoms with E-state index in [0.29, 0.717) is 12.1 Å². The van der Waals surface area contributed by atoms with Crippen molar-refractivity contribution in [3.05, 3.63) is 35.6 Å². The summed E-state index contributed by atoms with van der Waals surface area (Å²) in [5.74, 6) is -0.360. The number of halogens is 1. The van der Waals surface area contributed by atoms with Crippen molar-refractivity contribution in [2.45, 2.75) is 32.1 Å². The molecule has 3 N–H and O–H groups in total. The first kappa shape index (κ1) is 14.6. The Morgan fingerprint density at radius 3 is 2.72 bits per heavy atom. The Morgan fingerprint density at radius 2 is 2.00 bits per heavy atom. The number of hydrogen-bond donors (Lipinski definition) is 2. The molecular formula is C14H21FN2O. The Balaban J connectivity index is 2.14. The van der Waals surface area contributed by atoms with E-state index in [1.54, 1.807) is 12.1 Å². The van der Waals surface area contributed by atoms with Crippen LogP contribution in [0.25, 0.3) is 0 Å². The number of nitrogens with one attached hydrogen (secondary N) is 1. The molecule has 1 amide bonds. The van der Waals surface area contributed by atoms with Gasteiger partial charge >= 0.3 is 0 Å². The predicted molar refractivity (Wildman–Crippen MR) is 70.6 cm³/mol. The molecule has 3 nitrogen and oxygen atoms in total. The molecule has 0 aliphatic carbocycles. The molecule has 0 aromatic heterocycles. The number of carbonyl (C=O) groups excluding carboxylic acids is 1. The molecule has 0 heterocycles. The van der Waals surface area contributed by atoms with Crippen molar-refractivity contribution in [1.82, 2.24) is 5.32 Å². The van der Waals surface area contributed by atoms with Crippen molar-refractivity contribution in [2.75, 3.05) is 13.1 Å². The average Bonchev–Trinajstić information content (AvgIpc) is 2.33. The molecule has 1 aromatic carbocycles. The molecule has 0 bridgehead atoms. The summed E-state index contributed by atoms with van der Waals surface area (Å²) in [6, 6.07) is 6.13. The first-order valence-corrected chi connectivity index (χ1v) is 6.43. The molecule has 0 aliphatic heterocycles. The van der Waals surface area contributed by atoms with E-state index in [9.17, 15) is 9.18 Å². The quantitative estimate of drug-likeness (QED) is 0.695. The van der Waals surface area contributed by atoms with Crippen molar-refractivity contribution in [3.8, 4) is 0 Å². The van der Waals surface area contributed by atoms with Crippen LogP contribution in [0.3, 0.4) is 0 Å². The number of rotatable bonds is 8. The van der Waals surface area contributed by atoms with Crippen LogP contribution in [0.15, 0.2) is 24.3 Å². The molecule has 1 rings (SSSR count). The summed E-state index contributed by atoms with van der Waals surface area (Å²) in [4.78, 5) is 11.6. The summed E-state index contributed by atoms with van der Waals surface area (Å²) in [5, 5.41) is 2.83. The zero-order valence-corrected chi connectivity index (χ0v) is 10.6. The molecule has 0 radical (unpaired) electrons. The van der Waals surface area contributed by atoms with Crippen LogP contribution in [0.2, 0.25) is 0 Å². The molecule has 0 aliphatic rings. The van der Waals surface area contributed by atoms with Gasteiger partial charge in [0.15, 0.2) is 0 Å². The van der Waals surface area contributed by atoms with E-state index in [1.165, 1.54) is 12.1 Å². The zero-order chi connectivity index (χ0) is 13.2. The third-order valence-corrected chi connectivity index (χ3v) is 2.71. The number of unbranched alkanes of at least 4 members (excludes halogenated alkanes) is 3. The van der Waals surface area contributed by atoms with Crippen LogP contribution >= 0.6 is 0 Å². The number of amides is 1. The molecule has 0 saturated carbocycles. The van der Waals surface area contributed by atoms with Crippen molar-refractivity contribution < 1.29 is 9.18 Å². The summed E-state index contributed by atoms with van der Waals surface area (Å²) in [6.45, 7) is 1.41. The molecule has 1 aromatic rings. The Kier molecular flexibility index (Phi) is 7.03. The Labute approximate surface area is 108 Å². The molecule has 0 unspecified atom stereocenters. The third kappa shape index (κ3) is 6.35. The highest BCUT2D eigenvalue weighted by atomic mass is 19.1. The standard InChI is InChI=1S/C14H21FN2O/c15-13-7-5-6-12(10-13)11-14(18)17-9-4-2-1-3-8-16/h5-7,10H,1-4,8-9,11,16H2,(H,17,18). The molecule has 0 saturated heterocycles. The van der Waals surface area contributed by atoms with Gasteiger partial charge in [0.25, 0.3) is 0 Å². The number of hydrogen-bond acceptors (Lipinski definition) is 2. The van der Waals surface area contributed by atoms with Crippen molar-refractivity contribution in [1.29, 1.82) is 0 Å². The zero-order valence-electron chi connectivity index (χ0n) is 10.6. The van der Waals surface area contributed by atoms with Gasteiger partial charge in [-0.25, -0.2) is 4.39 Å². The fourth-order valence-electron chi connectivity index (χ4n) is 1.75. The monoisotopic (exact) mass is 252 g/mol. The lowest BCUT2D eigenvalue weighted by Crippen LogP contribution is -2.26. The van der Waals surface area contributed by atoms with Gasteiger partial charge in [-0.1, -0.05) is 25.0 Å². The molecule has 0 atom stereocenters. The van der Waals surface area contributed by atoms with Crippen molar-refractivity contribution in [2.24, 2.45) is 5.73 Å². The lowest BCUT2D eigenvalue weighted by atomic mass is 10.1. The molecule has 0 spiro atoms. The SMILES string of the molecule is NCCCCCCNC(=O)Cc1cccc(F)c1. The van der Waals surface area contributed by atoms with E-state index in [1.807, 2.05) is 0 Å². The predicted octanol–water partition coefficient (Wildman–Crippen LogP) is 2.00. The van der Waals surface area contributed by atoms with Gasteiger partial charge < -0.3 is 11.1 Å². The van der Waals surface area contributed by atoms with Gasteiger partial charge in [-0.15, -0.1) is 0 Å². The maximum absolute atomic E-state index is 12.9. The summed E-state index contributed by atoms with van der Waals surface area (Å²) in [6.07, 6.45) is 4.43. The average molecular weight is 252 g/mol. The topological polar surface area (TPSA) is 55.1 Å². The minimum absolute atomic E-state index is 0.0561. The maximum atomic E-state index is 12.9. The lowest BCUT2D eigenvalue weighted by Gasteiger charge is -2.05. The number of nitrogens with two attached hydrogens (primary N) is 1. The Hall–Kier alpha value is -1.42. The summed E-state index contributed by atoms with van der Waals surface area (Å²) in [5.41, 5.74) is 6.09. The minimum Gasteiger partial charge on any atom is -0.356 e. The fourth-order valence-corrected chi connectivity index (χ4v) is 1.75. The van der Waals surface area contributed by atoms with E-state index in [-0.39, 0.29) is 18.1 Å². The highest BCUT2D eigenvalue weighted by molar-refractivity contribution is 5.78. The molecule has 0 fully saturated rings. The van der Waals surface area contributed by atoms with Gasteiger partial charge in [0.1, 0.15) is 5.82 Å². The van der Waals surface area contributed by atoms with E-state index in [0.717, 1.165) is 32.2 Å². The minimum atomic E-state index is -0.304. The lowest BCUT2D eigenvalue weighted by molar-refractivity contribution is -0.120. The van der Waals surface area contributed by atoms with Gasteiger partial charge in [0.05, 0.1) is 6.42 Å². The van der Waals surface area contributed by atoms with Crippen LogP contribution in [0.1, 0.15) is 31.2 Å². The van der Waals surface area contributed by atoms with Gasteiger partial charge in [-0.3, -0.25) is 4.79 Å². The second-order valence-electron chi connectivity index (χ2n) is 4.36. The van der Waals surface area contributed by atoms with Crippen LogP contribution in [0.5, 0.6) is 0 Å². The normalized spacial score (nSPS) is 10.3. The first-order valence-electron chi connectivity index (χ1n) is 6.43. The third-order valence-electron chi connectivity index (χ3n) is 2.71. The van der Waals surface area contributed by atoms with Crippen LogP contribution in [0.4, 0.5) is 4.39 Å². The number of carbonyl (C=O) groups is 1. The Morgan fingerprint density at radius 1 is 1.22 bits per heavy atom. The van der Waals surface area contributed by atoms with Gasteiger partial charge in [0, 0.05) is 6.54 Å². The van der Waals surface area contributed by atoms with Crippen molar-refractivity contribution >= 4 is 5.91 Å². The number of benzene rings is 1. The molecular weight excluding hydrogens is 231 g/mol. The van der Waals surface area contributed by atoms with E-state index >= 15 is 0 Å². The molecule has 4 heteroatoms. The summed E-state index contributed by atoms with van der Waals surface area (Å²) < 4.78 is 12.9. The highest BCUT2D eigenvalue weighted by Crippen LogP contribution is 2.04. The second kappa shape index (κ2) is 8.64. The van der Waals surface area contributed by atoms with Gasteiger partial charge in [-0.2, -0.15) is 0 Å². The molecule has 100 valence electrons. The first-order chi connectivity index (χ1) is 8.72. The van der Waals surface area contributed by atoms with Gasteiger partial charge in [-0.05, 0) is 37.1 Å². The van der Waals surface area contributed by atoms with Crippen molar-refractivity contribution in [3.63, 3.8) is 0 Å². The van der Waals surface area contributed by atoms with Crippen LogP contribution < -0.4 is 11.1 Å². The largest absolute Gasteiger partial charge is 0.356 e. The Bertz CT molecular complexity index is 369. The van der Waals surface area contributed by atoms with Crippen LogP contribution in [-0.2, 0) is 11.2 Å². The summed E-state index contributed by atoms with van der Waals surface area (Å²) in [7, 11) is 0. The second-order valence-corrected chi connectivity index (χ2v) is 4.36. The fraction of sp³-hybridized carbons (Fsp3) is 0.500. The highest BCUT2D eigenvalue weighted by Gasteiger charge is 2.03. The van der Waals surface area contributed by atoms with Gasteiger partial charge in [0.2, 0.25) is 5.91 Å². The van der Waals surface area contributed by atoms with Crippen LogP contribution in [-0.4, -0.2) is 19.0 Å². The van der Waals surface area contributed by atoms with Crippen LogP contribution in [0, 0.1) is 5.82 Å².